The molecule has 186 valence electrons. The molecule has 5 rings (SSSR count). The fraction of sp³-hybridized carbons (Fsp3) is 0.519. The predicted molar refractivity (Wildman–Crippen MR) is 137 cm³/mol. The van der Waals surface area contributed by atoms with E-state index in [-0.39, 0.29) is 11.9 Å². The van der Waals surface area contributed by atoms with Gasteiger partial charge in [0.2, 0.25) is 0 Å². The lowest BCUT2D eigenvalue weighted by Gasteiger charge is -2.33. The number of nitrogens with one attached hydrogen (secondary N) is 2. The smallest absolute Gasteiger partial charge is 0.272 e. The van der Waals surface area contributed by atoms with Gasteiger partial charge < -0.3 is 15.0 Å². The second-order valence-electron chi connectivity index (χ2n) is 10.2. The Morgan fingerprint density at radius 2 is 1.89 bits per heavy atom. The van der Waals surface area contributed by atoms with E-state index in [1.165, 1.54) is 5.56 Å². The molecule has 0 bridgehead atoms. The second kappa shape index (κ2) is 10.8. The van der Waals surface area contributed by atoms with Crippen molar-refractivity contribution < 1.29 is 9.53 Å². The molecule has 2 aromatic heterocycles. The van der Waals surface area contributed by atoms with Gasteiger partial charge in [0.15, 0.2) is 5.69 Å². The van der Waals surface area contributed by atoms with Crippen molar-refractivity contribution in [2.24, 2.45) is 5.92 Å². The molecule has 2 N–H and O–H groups in total. The van der Waals surface area contributed by atoms with E-state index < -0.39 is 0 Å². The van der Waals surface area contributed by atoms with Crippen molar-refractivity contribution in [1.82, 2.24) is 30.3 Å². The number of morpholine rings is 1. The Balaban J connectivity index is 1.28. The summed E-state index contributed by atoms with van der Waals surface area (Å²) >= 11 is 0. The summed E-state index contributed by atoms with van der Waals surface area (Å²) in [6, 6.07) is 8.49. The maximum atomic E-state index is 13.1. The van der Waals surface area contributed by atoms with Gasteiger partial charge in [-0.25, -0.2) is 0 Å². The van der Waals surface area contributed by atoms with Gasteiger partial charge in [0.25, 0.3) is 5.91 Å². The first-order valence-electron chi connectivity index (χ1n) is 12.8. The number of piperidine rings is 1. The number of benzene rings is 1. The molecule has 0 radical (unpaired) electrons. The van der Waals surface area contributed by atoms with Crippen LogP contribution in [0.1, 0.15) is 42.7 Å². The van der Waals surface area contributed by atoms with Gasteiger partial charge >= 0.3 is 0 Å². The molecule has 2 fully saturated rings. The lowest BCUT2D eigenvalue weighted by molar-refractivity contribution is 0.0341. The van der Waals surface area contributed by atoms with Crippen molar-refractivity contribution >= 4 is 16.8 Å². The van der Waals surface area contributed by atoms with Gasteiger partial charge in [-0.15, -0.1) is 0 Å². The van der Waals surface area contributed by atoms with Crippen LogP contribution in [-0.4, -0.2) is 82.9 Å². The maximum Gasteiger partial charge on any atom is 0.272 e. The molecular formula is C27H36N6O2. The highest BCUT2D eigenvalue weighted by Gasteiger charge is 2.23. The molecule has 35 heavy (non-hydrogen) atoms. The predicted octanol–water partition coefficient (Wildman–Crippen LogP) is 3.31. The van der Waals surface area contributed by atoms with Gasteiger partial charge in [0.05, 0.1) is 18.7 Å². The minimum atomic E-state index is -0.102. The van der Waals surface area contributed by atoms with Crippen molar-refractivity contribution in [3.05, 3.63) is 47.9 Å². The van der Waals surface area contributed by atoms with Gasteiger partial charge in [-0.05, 0) is 48.1 Å². The van der Waals surface area contributed by atoms with E-state index in [0.717, 1.165) is 87.4 Å². The number of hydrogen-bond acceptors (Lipinski definition) is 6. The number of fused-ring (bicyclic) bond motifs is 1. The molecule has 2 aliphatic heterocycles. The average Bonchev–Trinajstić information content (AvgIpc) is 3.29. The Hall–Kier alpha value is -2.81. The van der Waals surface area contributed by atoms with Crippen LogP contribution in [0.3, 0.4) is 0 Å². The molecule has 0 atom stereocenters. The molecule has 2 aliphatic rings. The first-order valence-corrected chi connectivity index (χ1v) is 12.8. The third-order valence-corrected chi connectivity index (χ3v) is 6.96. The van der Waals surface area contributed by atoms with Gasteiger partial charge in [-0.3, -0.25) is 19.8 Å². The van der Waals surface area contributed by atoms with Gasteiger partial charge in [0.1, 0.15) is 0 Å². The van der Waals surface area contributed by atoms with E-state index in [2.05, 4.69) is 62.3 Å². The summed E-state index contributed by atoms with van der Waals surface area (Å²) in [7, 11) is 0. The van der Waals surface area contributed by atoms with Crippen LogP contribution in [0.25, 0.3) is 22.0 Å². The van der Waals surface area contributed by atoms with Crippen LogP contribution in [0.2, 0.25) is 0 Å². The molecule has 0 spiro atoms. The van der Waals surface area contributed by atoms with E-state index >= 15 is 0 Å². The summed E-state index contributed by atoms with van der Waals surface area (Å²) in [5.41, 5.74) is 4.58. The number of aromatic nitrogens is 3. The fourth-order valence-electron chi connectivity index (χ4n) is 5.15. The van der Waals surface area contributed by atoms with Crippen molar-refractivity contribution in [3.63, 3.8) is 0 Å². The van der Waals surface area contributed by atoms with E-state index in [4.69, 9.17) is 4.74 Å². The van der Waals surface area contributed by atoms with Crippen LogP contribution >= 0.6 is 0 Å². The number of aromatic amines is 1. The minimum Gasteiger partial charge on any atom is -0.379 e. The third kappa shape index (κ3) is 5.89. The Bertz CT molecular complexity index is 1150. The van der Waals surface area contributed by atoms with Crippen LogP contribution in [0.4, 0.5) is 0 Å². The topological polar surface area (TPSA) is 86.4 Å². The number of hydrogen-bond donors (Lipinski definition) is 2. The molecule has 3 aromatic rings. The average molecular weight is 477 g/mol. The first kappa shape index (κ1) is 23.9. The standard InChI is InChI=1S/C27H36N6O2/c1-19(2)17-32-7-5-23(6-8-32)29-27(34)26-24-14-21(3-4-25(24)30-31-26)22-13-20(15-28-16-22)18-33-9-11-35-12-10-33/h3-4,13-16,19,23H,5-12,17-18H2,1-2H3,(H,29,34)(H,30,31). The van der Waals surface area contributed by atoms with Crippen LogP contribution in [0.15, 0.2) is 36.7 Å². The highest BCUT2D eigenvalue weighted by atomic mass is 16.5. The largest absolute Gasteiger partial charge is 0.379 e. The lowest BCUT2D eigenvalue weighted by atomic mass is 10.0. The van der Waals surface area contributed by atoms with Gasteiger partial charge in [0, 0.05) is 68.7 Å². The van der Waals surface area contributed by atoms with Crippen molar-refractivity contribution in [3.8, 4) is 11.1 Å². The number of carbonyl (C=O) groups is 1. The summed E-state index contributed by atoms with van der Waals surface area (Å²) < 4.78 is 5.46. The zero-order chi connectivity index (χ0) is 24.2. The summed E-state index contributed by atoms with van der Waals surface area (Å²) in [5, 5.41) is 11.5. The number of nitrogens with zero attached hydrogens (tertiary/aromatic N) is 4. The molecule has 8 heteroatoms. The van der Waals surface area contributed by atoms with E-state index in [0.29, 0.717) is 11.6 Å². The van der Waals surface area contributed by atoms with E-state index in [1.807, 2.05) is 18.5 Å². The van der Waals surface area contributed by atoms with Crippen molar-refractivity contribution in [2.45, 2.75) is 39.3 Å². The zero-order valence-electron chi connectivity index (χ0n) is 20.8. The second-order valence-corrected chi connectivity index (χ2v) is 10.2. The quantitative estimate of drug-likeness (QED) is 0.544. The Morgan fingerprint density at radius 3 is 2.66 bits per heavy atom. The first-order chi connectivity index (χ1) is 17.0. The molecular weight excluding hydrogens is 440 g/mol. The van der Waals surface area contributed by atoms with Crippen molar-refractivity contribution in [1.29, 1.82) is 0 Å². The number of H-pyrrole nitrogens is 1. The Kier molecular flexibility index (Phi) is 7.41. The number of amides is 1. The number of likely N-dealkylation sites (tertiary alicyclic amines) is 1. The highest BCUT2D eigenvalue weighted by molar-refractivity contribution is 6.05. The number of carbonyl (C=O) groups excluding carboxylic acids is 1. The van der Waals surface area contributed by atoms with Crippen LogP contribution in [-0.2, 0) is 11.3 Å². The number of pyridine rings is 1. The molecule has 8 nitrogen and oxygen atoms in total. The molecule has 1 aromatic carbocycles. The molecule has 0 unspecified atom stereocenters. The SMILES string of the molecule is CC(C)CN1CCC(NC(=O)c2n[nH]c3ccc(-c4cncc(CN5CCOCC5)c4)cc23)CC1. The summed E-state index contributed by atoms with van der Waals surface area (Å²) in [6.45, 7) is 12.0. The van der Waals surface area contributed by atoms with Crippen LogP contribution in [0, 0.1) is 5.92 Å². The molecule has 0 aliphatic carbocycles. The third-order valence-electron chi connectivity index (χ3n) is 6.96. The summed E-state index contributed by atoms with van der Waals surface area (Å²) in [5.74, 6) is 0.566. The lowest BCUT2D eigenvalue weighted by Crippen LogP contribution is -2.45. The van der Waals surface area contributed by atoms with Gasteiger partial charge in [-0.1, -0.05) is 19.9 Å². The van der Waals surface area contributed by atoms with Crippen molar-refractivity contribution in [2.75, 3.05) is 45.9 Å². The molecule has 0 saturated carbocycles. The van der Waals surface area contributed by atoms with Gasteiger partial charge in [-0.2, -0.15) is 5.10 Å². The van der Waals surface area contributed by atoms with Crippen LogP contribution < -0.4 is 5.32 Å². The van der Waals surface area contributed by atoms with Crippen LogP contribution in [0.5, 0.6) is 0 Å². The monoisotopic (exact) mass is 476 g/mol. The maximum absolute atomic E-state index is 13.1. The fourth-order valence-corrected chi connectivity index (χ4v) is 5.15. The number of ether oxygens (including phenoxy) is 1. The number of rotatable bonds is 7. The van der Waals surface area contributed by atoms with E-state index in [9.17, 15) is 4.79 Å². The molecule has 1 amide bonds. The highest BCUT2D eigenvalue weighted by Crippen LogP contribution is 2.26. The molecule has 2 saturated heterocycles. The summed E-state index contributed by atoms with van der Waals surface area (Å²) in [4.78, 5) is 22.5. The van der Waals surface area contributed by atoms with E-state index in [1.54, 1.807) is 0 Å². The summed E-state index contributed by atoms with van der Waals surface area (Å²) in [6.07, 6.45) is 5.77. The Labute approximate surface area is 207 Å². The normalized spacial score (nSPS) is 18.4. The minimum absolute atomic E-state index is 0.102. The zero-order valence-corrected chi connectivity index (χ0v) is 20.8. The Morgan fingerprint density at radius 1 is 1.09 bits per heavy atom. The molecule has 4 heterocycles.